The van der Waals surface area contributed by atoms with Crippen molar-refractivity contribution in [1.29, 1.82) is 5.26 Å². The van der Waals surface area contributed by atoms with E-state index in [9.17, 15) is 0 Å². The van der Waals surface area contributed by atoms with Gasteiger partial charge in [0.25, 0.3) is 0 Å². The van der Waals surface area contributed by atoms with Crippen LogP contribution in [0, 0.1) is 17.2 Å². The fourth-order valence-corrected chi connectivity index (χ4v) is 3.37. The van der Waals surface area contributed by atoms with E-state index in [1.165, 1.54) is 26.2 Å². The lowest BCUT2D eigenvalue weighted by Crippen LogP contribution is -2.47. The maximum absolute atomic E-state index is 8.97. The molecule has 0 spiro atoms. The standard InChI is InChI=1S/C20H27N5/c1-3-24-8-10-25(11-9-24)15-16(2)14-22-20-7-5-18-12-17(13-21)4-6-19(18)23-20/h4-7,12,16H,3,8-11,14-15H2,1-2H3,(H,22,23). The quantitative estimate of drug-likeness (QED) is 0.878. The SMILES string of the molecule is CCN1CCN(CC(C)CNc2ccc3cc(C#N)ccc3n2)CC1. The zero-order valence-electron chi connectivity index (χ0n) is 15.2. The number of pyridine rings is 1. The first-order valence-corrected chi connectivity index (χ1v) is 9.17. The first kappa shape index (κ1) is 17.7. The second-order valence-corrected chi connectivity index (χ2v) is 6.94. The monoisotopic (exact) mass is 337 g/mol. The zero-order chi connectivity index (χ0) is 17.6. The molecular formula is C20H27N5. The van der Waals surface area contributed by atoms with E-state index in [-0.39, 0.29) is 0 Å². The fraction of sp³-hybridized carbons (Fsp3) is 0.500. The van der Waals surface area contributed by atoms with Gasteiger partial charge < -0.3 is 15.1 Å². The van der Waals surface area contributed by atoms with E-state index in [1.54, 1.807) is 0 Å². The van der Waals surface area contributed by atoms with Gasteiger partial charge in [0.05, 0.1) is 17.1 Å². The summed E-state index contributed by atoms with van der Waals surface area (Å²) in [6.45, 7) is 12.5. The predicted molar refractivity (Wildman–Crippen MR) is 103 cm³/mol. The molecule has 1 aliphatic heterocycles. The molecule has 5 nitrogen and oxygen atoms in total. The number of hydrogen-bond donors (Lipinski definition) is 1. The maximum atomic E-state index is 8.97. The highest BCUT2D eigenvalue weighted by molar-refractivity contribution is 5.81. The summed E-state index contributed by atoms with van der Waals surface area (Å²) in [7, 11) is 0. The van der Waals surface area contributed by atoms with Crippen LogP contribution in [0.15, 0.2) is 30.3 Å². The number of fused-ring (bicyclic) bond motifs is 1. The highest BCUT2D eigenvalue weighted by Crippen LogP contribution is 2.17. The number of likely N-dealkylation sites (N-methyl/N-ethyl adjacent to an activating group) is 1. The number of nitrogens with one attached hydrogen (secondary N) is 1. The Kier molecular flexibility index (Phi) is 5.85. The van der Waals surface area contributed by atoms with Gasteiger partial charge in [-0.2, -0.15) is 5.26 Å². The molecule has 1 fully saturated rings. The third-order valence-electron chi connectivity index (χ3n) is 4.93. The average molecular weight is 337 g/mol. The Morgan fingerprint density at radius 3 is 2.64 bits per heavy atom. The van der Waals surface area contributed by atoms with E-state index < -0.39 is 0 Å². The normalized spacial score (nSPS) is 17.3. The molecule has 5 heteroatoms. The van der Waals surface area contributed by atoms with E-state index in [2.05, 4.69) is 40.0 Å². The topological polar surface area (TPSA) is 55.2 Å². The molecule has 2 aromatic rings. The summed E-state index contributed by atoms with van der Waals surface area (Å²) in [4.78, 5) is 9.72. The van der Waals surface area contributed by atoms with Gasteiger partial charge in [-0.3, -0.25) is 0 Å². The van der Waals surface area contributed by atoms with Crippen molar-refractivity contribution < 1.29 is 0 Å². The van der Waals surface area contributed by atoms with Gasteiger partial charge in [0.15, 0.2) is 0 Å². The van der Waals surface area contributed by atoms with Gasteiger partial charge in [-0.15, -0.1) is 0 Å². The summed E-state index contributed by atoms with van der Waals surface area (Å²) in [6, 6.07) is 11.8. The zero-order valence-corrected chi connectivity index (χ0v) is 15.2. The number of anilines is 1. The van der Waals surface area contributed by atoms with Crippen molar-refractivity contribution in [2.24, 2.45) is 5.92 Å². The number of rotatable bonds is 6. The Bertz CT molecular complexity index is 743. The predicted octanol–water partition coefficient (Wildman–Crippen LogP) is 2.79. The lowest BCUT2D eigenvalue weighted by molar-refractivity contribution is 0.126. The molecule has 132 valence electrons. The molecule has 0 amide bonds. The first-order valence-electron chi connectivity index (χ1n) is 9.17. The van der Waals surface area contributed by atoms with Gasteiger partial charge in [0.1, 0.15) is 5.82 Å². The van der Waals surface area contributed by atoms with Crippen LogP contribution in [0.25, 0.3) is 10.9 Å². The highest BCUT2D eigenvalue weighted by Gasteiger charge is 2.17. The van der Waals surface area contributed by atoms with Crippen molar-refractivity contribution in [1.82, 2.24) is 14.8 Å². The number of nitrogens with zero attached hydrogens (tertiary/aromatic N) is 4. The van der Waals surface area contributed by atoms with Crippen molar-refractivity contribution in [2.75, 3.05) is 51.1 Å². The van der Waals surface area contributed by atoms with Crippen LogP contribution in [-0.2, 0) is 0 Å². The third kappa shape index (κ3) is 4.68. The minimum atomic E-state index is 0.576. The van der Waals surface area contributed by atoms with Crippen LogP contribution in [0.2, 0.25) is 0 Å². The van der Waals surface area contributed by atoms with Crippen molar-refractivity contribution in [2.45, 2.75) is 13.8 Å². The minimum absolute atomic E-state index is 0.576. The van der Waals surface area contributed by atoms with E-state index >= 15 is 0 Å². The average Bonchev–Trinajstić information content (AvgIpc) is 2.66. The van der Waals surface area contributed by atoms with E-state index in [1.807, 2.05) is 30.3 Å². The largest absolute Gasteiger partial charge is 0.370 e. The lowest BCUT2D eigenvalue weighted by Gasteiger charge is -2.35. The van der Waals surface area contributed by atoms with Crippen LogP contribution in [0.5, 0.6) is 0 Å². The smallest absolute Gasteiger partial charge is 0.126 e. The minimum Gasteiger partial charge on any atom is -0.370 e. The van der Waals surface area contributed by atoms with Crippen LogP contribution in [0.1, 0.15) is 19.4 Å². The van der Waals surface area contributed by atoms with Gasteiger partial charge in [-0.1, -0.05) is 13.8 Å². The molecule has 0 aliphatic carbocycles. The van der Waals surface area contributed by atoms with Gasteiger partial charge in [-0.25, -0.2) is 4.98 Å². The fourth-order valence-electron chi connectivity index (χ4n) is 3.37. The second kappa shape index (κ2) is 8.28. The molecule has 0 bridgehead atoms. The van der Waals surface area contributed by atoms with Crippen LogP contribution in [0.4, 0.5) is 5.82 Å². The third-order valence-corrected chi connectivity index (χ3v) is 4.93. The van der Waals surface area contributed by atoms with Gasteiger partial charge >= 0.3 is 0 Å². The summed E-state index contributed by atoms with van der Waals surface area (Å²) in [5.74, 6) is 1.48. The molecule has 1 saturated heterocycles. The van der Waals surface area contributed by atoms with E-state index in [0.717, 1.165) is 36.4 Å². The second-order valence-electron chi connectivity index (χ2n) is 6.94. The maximum Gasteiger partial charge on any atom is 0.126 e. The molecule has 0 saturated carbocycles. The van der Waals surface area contributed by atoms with Crippen LogP contribution >= 0.6 is 0 Å². The van der Waals surface area contributed by atoms with Gasteiger partial charge in [0, 0.05) is 44.7 Å². The van der Waals surface area contributed by atoms with E-state index in [0.29, 0.717) is 11.5 Å². The summed E-state index contributed by atoms with van der Waals surface area (Å²) < 4.78 is 0. The summed E-state index contributed by atoms with van der Waals surface area (Å²) in [5, 5.41) is 13.4. The number of piperazine rings is 1. The number of nitriles is 1. The molecule has 1 aromatic heterocycles. The molecule has 1 atom stereocenters. The molecule has 0 radical (unpaired) electrons. The lowest BCUT2D eigenvalue weighted by atomic mass is 10.1. The Morgan fingerprint density at radius 1 is 1.16 bits per heavy atom. The van der Waals surface area contributed by atoms with Crippen LogP contribution in [0.3, 0.4) is 0 Å². The summed E-state index contributed by atoms with van der Waals surface area (Å²) >= 11 is 0. The van der Waals surface area contributed by atoms with Crippen molar-refractivity contribution in [3.8, 4) is 6.07 Å². The van der Waals surface area contributed by atoms with E-state index in [4.69, 9.17) is 5.26 Å². The highest BCUT2D eigenvalue weighted by atomic mass is 15.3. The number of hydrogen-bond acceptors (Lipinski definition) is 5. The van der Waals surface area contributed by atoms with Crippen LogP contribution in [-0.4, -0.2) is 60.6 Å². The van der Waals surface area contributed by atoms with Crippen molar-refractivity contribution in [3.05, 3.63) is 35.9 Å². The van der Waals surface area contributed by atoms with Crippen molar-refractivity contribution in [3.63, 3.8) is 0 Å². The first-order chi connectivity index (χ1) is 12.2. The molecule has 1 unspecified atom stereocenters. The Morgan fingerprint density at radius 2 is 1.92 bits per heavy atom. The molecule has 1 aliphatic rings. The Hall–Kier alpha value is -2.16. The molecule has 25 heavy (non-hydrogen) atoms. The van der Waals surface area contributed by atoms with Gasteiger partial charge in [-0.05, 0) is 42.8 Å². The molecule has 3 rings (SSSR count). The van der Waals surface area contributed by atoms with Crippen LogP contribution < -0.4 is 5.32 Å². The Labute approximate surface area is 150 Å². The number of aromatic nitrogens is 1. The van der Waals surface area contributed by atoms with Gasteiger partial charge in [0.2, 0.25) is 0 Å². The molecule has 1 N–H and O–H groups in total. The number of benzene rings is 1. The molecule has 1 aromatic carbocycles. The Balaban J connectivity index is 1.51. The molecule has 2 heterocycles. The van der Waals surface area contributed by atoms with Crippen molar-refractivity contribution >= 4 is 16.7 Å². The molecular weight excluding hydrogens is 310 g/mol. The summed E-state index contributed by atoms with van der Waals surface area (Å²) in [5.41, 5.74) is 1.60. The summed E-state index contributed by atoms with van der Waals surface area (Å²) in [6.07, 6.45) is 0.